The molecular formula is C49H61FN6O7. The molecule has 4 aromatic rings. The summed E-state index contributed by atoms with van der Waals surface area (Å²) in [4.78, 5) is 60.9. The summed E-state index contributed by atoms with van der Waals surface area (Å²) in [5.74, 6) is -2.74. The van der Waals surface area contributed by atoms with E-state index in [-0.39, 0.29) is 49.6 Å². The number of fused-ring (bicyclic) bond motifs is 6. The lowest BCUT2D eigenvalue weighted by Crippen LogP contribution is -2.61. The Hall–Kier alpha value is -5.44. The first-order valence-electron chi connectivity index (χ1n) is 22.1. The highest BCUT2D eigenvalue weighted by Crippen LogP contribution is 2.42. The maximum Gasteiger partial charge on any atom is 0.324 e. The highest BCUT2D eigenvalue weighted by Gasteiger charge is 2.38. The van der Waals surface area contributed by atoms with Crippen molar-refractivity contribution in [2.75, 3.05) is 40.0 Å². The van der Waals surface area contributed by atoms with E-state index in [0.717, 1.165) is 39.0 Å². The average molecular weight is 865 g/mol. The Labute approximate surface area is 369 Å². The van der Waals surface area contributed by atoms with Crippen LogP contribution in [0.25, 0.3) is 33.3 Å². The molecule has 336 valence electrons. The van der Waals surface area contributed by atoms with Crippen LogP contribution in [-0.4, -0.2) is 101 Å². The normalized spacial score (nSPS) is 20.5. The smallest absolute Gasteiger partial charge is 0.324 e. The van der Waals surface area contributed by atoms with E-state index >= 15 is 4.39 Å². The number of halogens is 1. The highest BCUT2D eigenvalue weighted by molar-refractivity contribution is 5.95. The van der Waals surface area contributed by atoms with Crippen molar-refractivity contribution in [3.05, 3.63) is 90.0 Å². The Balaban J connectivity index is 1.29. The summed E-state index contributed by atoms with van der Waals surface area (Å²) in [6.45, 7) is 17.5. The van der Waals surface area contributed by atoms with Gasteiger partial charge in [0, 0.05) is 67.8 Å². The van der Waals surface area contributed by atoms with Crippen molar-refractivity contribution in [3.8, 4) is 22.4 Å². The molecule has 4 atom stereocenters. The number of aromatic nitrogens is 2. The molecule has 2 aromatic carbocycles. The summed E-state index contributed by atoms with van der Waals surface area (Å²) in [6, 6.07) is 13.0. The fourth-order valence-electron chi connectivity index (χ4n) is 8.98. The largest absolute Gasteiger partial charge is 0.464 e. The zero-order valence-electron chi connectivity index (χ0n) is 37.5. The van der Waals surface area contributed by atoms with E-state index < -0.39 is 41.1 Å². The molecule has 63 heavy (non-hydrogen) atoms. The number of benzene rings is 2. The van der Waals surface area contributed by atoms with Gasteiger partial charge in [0.15, 0.2) is 0 Å². The van der Waals surface area contributed by atoms with Gasteiger partial charge >= 0.3 is 5.97 Å². The summed E-state index contributed by atoms with van der Waals surface area (Å²) in [5, 5.41) is 5.37. The molecule has 1 unspecified atom stereocenters. The van der Waals surface area contributed by atoms with E-state index in [1.54, 1.807) is 18.2 Å². The molecule has 0 spiro atoms. The van der Waals surface area contributed by atoms with Crippen molar-refractivity contribution < 1.29 is 37.8 Å². The molecule has 5 heterocycles. The Bertz CT molecular complexity index is 2370. The SMILES string of the molecule is C=CC(=O)N1CC(OCC(C(=O)N[C@H]2Cc3cc(F)cc(c3)-c3ccc4c(c3)c(c(-c3cccnc3[C@H](C)OC)n4CC)CC(C)(C)COC(=O)[C@@H]3CCCN(N3)C2=O)C(C)C)C1. The molecule has 3 aliphatic heterocycles. The number of carbonyl (C=O) groups excluding carboxylic acids is 4. The zero-order valence-corrected chi connectivity index (χ0v) is 37.5. The van der Waals surface area contributed by atoms with Gasteiger partial charge in [-0.25, -0.2) is 9.82 Å². The molecule has 3 amide bonds. The predicted molar refractivity (Wildman–Crippen MR) is 238 cm³/mol. The number of amides is 3. The van der Waals surface area contributed by atoms with Crippen molar-refractivity contribution >= 4 is 34.6 Å². The third kappa shape index (κ3) is 9.88. The first kappa shape index (κ1) is 45.6. The van der Waals surface area contributed by atoms with Gasteiger partial charge in [-0.2, -0.15) is 0 Å². The van der Waals surface area contributed by atoms with Crippen molar-refractivity contribution in [1.82, 2.24) is 30.2 Å². The van der Waals surface area contributed by atoms with Crippen LogP contribution in [0, 0.1) is 23.1 Å². The Morgan fingerprint density at radius 1 is 1.11 bits per heavy atom. The molecule has 0 radical (unpaired) electrons. The van der Waals surface area contributed by atoms with Crippen LogP contribution in [0.4, 0.5) is 4.39 Å². The number of nitrogens with zero attached hydrogens (tertiary/aromatic N) is 4. The first-order valence-corrected chi connectivity index (χ1v) is 22.1. The number of rotatable bonds is 11. The summed E-state index contributed by atoms with van der Waals surface area (Å²) < 4.78 is 36.1. The number of cyclic esters (lactones) is 1. The zero-order chi connectivity index (χ0) is 45.2. The summed E-state index contributed by atoms with van der Waals surface area (Å²) in [7, 11) is 1.67. The molecule has 14 heteroatoms. The quantitative estimate of drug-likeness (QED) is 0.126. The van der Waals surface area contributed by atoms with E-state index in [9.17, 15) is 19.2 Å². The lowest BCUT2D eigenvalue weighted by molar-refractivity contribution is -0.155. The Morgan fingerprint density at radius 2 is 1.89 bits per heavy atom. The number of hydrogen-bond donors (Lipinski definition) is 2. The van der Waals surface area contributed by atoms with Crippen molar-refractivity contribution in [1.29, 1.82) is 0 Å². The van der Waals surface area contributed by atoms with Crippen LogP contribution >= 0.6 is 0 Å². The van der Waals surface area contributed by atoms with E-state index in [4.69, 9.17) is 19.2 Å². The topological polar surface area (TPSA) is 144 Å². The third-order valence-corrected chi connectivity index (χ3v) is 12.6. The third-order valence-electron chi connectivity index (χ3n) is 12.6. The molecule has 2 fully saturated rings. The number of hydrogen-bond acceptors (Lipinski definition) is 9. The average Bonchev–Trinajstić information content (AvgIpc) is 3.55. The molecule has 0 aliphatic carbocycles. The molecule has 2 N–H and O–H groups in total. The summed E-state index contributed by atoms with van der Waals surface area (Å²) in [5.41, 5.74) is 9.26. The van der Waals surface area contributed by atoms with E-state index in [2.05, 4.69) is 60.9 Å². The minimum Gasteiger partial charge on any atom is -0.464 e. The number of ether oxygens (including phenoxy) is 3. The second-order valence-corrected chi connectivity index (χ2v) is 18.2. The monoisotopic (exact) mass is 864 g/mol. The number of likely N-dealkylation sites (tertiary alicyclic amines) is 1. The maximum atomic E-state index is 15.9. The van der Waals surface area contributed by atoms with Crippen LogP contribution in [-0.2, 0) is 52.8 Å². The van der Waals surface area contributed by atoms with Crippen LogP contribution in [0.15, 0.2) is 67.4 Å². The first-order chi connectivity index (χ1) is 30.1. The Kier molecular flexibility index (Phi) is 13.8. The van der Waals surface area contributed by atoms with E-state index in [1.807, 2.05) is 39.0 Å². The number of hydrazine groups is 1. The lowest BCUT2D eigenvalue weighted by atomic mass is 9.84. The molecule has 2 saturated heterocycles. The second kappa shape index (κ2) is 19.1. The minimum absolute atomic E-state index is 0.0188. The van der Waals surface area contributed by atoms with Crippen LogP contribution in [0.1, 0.15) is 77.3 Å². The van der Waals surface area contributed by atoms with Crippen molar-refractivity contribution in [3.63, 3.8) is 0 Å². The van der Waals surface area contributed by atoms with Gasteiger partial charge in [0.25, 0.3) is 5.91 Å². The highest BCUT2D eigenvalue weighted by atomic mass is 19.1. The van der Waals surface area contributed by atoms with Crippen molar-refractivity contribution in [2.24, 2.45) is 17.3 Å². The summed E-state index contributed by atoms with van der Waals surface area (Å²) >= 11 is 0. The fraction of sp³-hybridized carbons (Fsp3) is 0.490. The van der Waals surface area contributed by atoms with Gasteiger partial charge in [-0.15, -0.1) is 0 Å². The van der Waals surface area contributed by atoms with Gasteiger partial charge in [-0.3, -0.25) is 29.2 Å². The van der Waals surface area contributed by atoms with E-state index in [1.165, 1.54) is 23.2 Å². The van der Waals surface area contributed by atoms with Gasteiger partial charge in [0.1, 0.15) is 17.9 Å². The molecule has 2 aromatic heterocycles. The van der Waals surface area contributed by atoms with Crippen molar-refractivity contribution in [2.45, 2.75) is 98.1 Å². The molecule has 7 rings (SSSR count). The molecule has 13 nitrogen and oxygen atoms in total. The number of methoxy groups -OCH3 is 1. The number of pyridine rings is 1. The van der Waals surface area contributed by atoms with Gasteiger partial charge < -0.3 is 29.0 Å². The lowest BCUT2D eigenvalue weighted by Gasteiger charge is -2.39. The summed E-state index contributed by atoms with van der Waals surface area (Å²) in [6.07, 6.45) is 4.02. The molecule has 6 bridgehead atoms. The molecule has 0 saturated carbocycles. The molecule has 3 aliphatic rings. The van der Waals surface area contributed by atoms with E-state index in [0.29, 0.717) is 56.6 Å². The maximum absolute atomic E-state index is 15.9. The van der Waals surface area contributed by atoms with Gasteiger partial charge in [0.05, 0.1) is 42.7 Å². The second-order valence-electron chi connectivity index (χ2n) is 18.2. The number of aryl methyl sites for hydroxylation is 1. The fourth-order valence-corrected chi connectivity index (χ4v) is 8.98. The predicted octanol–water partition coefficient (Wildman–Crippen LogP) is 6.57. The van der Waals surface area contributed by atoms with Crippen LogP contribution < -0.4 is 10.7 Å². The van der Waals surface area contributed by atoms with Gasteiger partial charge in [-0.1, -0.05) is 46.4 Å². The standard InChI is InChI=1S/C49H61FN6O7/c1-9-43(57)54-25-35(26-54)62-27-39(29(3)4)46(58)52-41-21-31-19-33(22-34(50)20-31)32-15-16-42-37(23-32)38(45(55(42)10-2)36-13-11-17-51-44(36)30(5)61-8)24-49(6,7)28-63-48(60)40-14-12-18-56(53-40)47(41)59/h9,11,13,15-17,19-20,22-23,29-30,35,39-41,53H,1,10,12,14,18,21,24-28H2,2-8H3,(H,52,58)/t30-,39?,40-,41-/m0/s1. The molecular weight excluding hydrogens is 804 g/mol. The van der Waals surface area contributed by atoms with Crippen LogP contribution in [0.5, 0.6) is 0 Å². The number of esters is 1. The van der Waals surface area contributed by atoms with Gasteiger partial charge in [0.2, 0.25) is 11.8 Å². The Morgan fingerprint density at radius 3 is 2.60 bits per heavy atom. The minimum atomic E-state index is -1.11. The number of carbonyl (C=O) groups is 4. The number of nitrogens with one attached hydrogen (secondary N) is 2. The van der Waals surface area contributed by atoms with Gasteiger partial charge in [-0.05, 0) is 104 Å². The van der Waals surface area contributed by atoms with Crippen LogP contribution in [0.3, 0.4) is 0 Å². The van der Waals surface area contributed by atoms with Crippen LogP contribution in [0.2, 0.25) is 0 Å².